The Kier molecular flexibility index (Phi) is 6.89. The summed E-state index contributed by atoms with van der Waals surface area (Å²) < 4.78 is 17.4. The van der Waals surface area contributed by atoms with Crippen molar-refractivity contribution in [2.75, 3.05) is 21.3 Å². The maximum Gasteiger partial charge on any atom is 0.237 e. The summed E-state index contributed by atoms with van der Waals surface area (Å²) in [6.45, 7) is 0.261. The quantitative estimate of drug-likeness (QED) is 0.306. The first kappa shape index (κ1) is 24.2. The van der Waals surface area contributed by atoms with Crippen molar-refractivity contribution in [2.24, 2.45) is 0 Å². The second-order valence-electron chi connectivity index (χ2n) is 8.70. The van der Waals surface area contributed by atoms with Gasteiger partial charge in [0.1, 0.15) is 17.2 Å². The Morgan fingerprint density at radius 3 is 2.36 bits per heavy atom. The number of rotatable bonds is 7. The van der Waals surface area contributed by atoms with Gasteiger partial charge in [0.15, 0.2) is 0 Å². The lowest BCUT2D eigenvalue weighted by molar-refractivity contribution is -0.123. The first-order chi connectivity index (χ1) is 17.5. The van der Waals surface area contributed by atoms with Gasteiger partial charge in [-0.25, -0.2) is 0 Å². The molecule has 1 aromatic heterocycles. The van der Waals surface area contributed by atoms with E-state index in [1.807, 2.05) is 24.3 Å². The number of ether oxygens (including phenoxy) is 3. The van der Waals surface area contributed by atoms with E-state index in [1.165, 1.54) is 0 Å². The Labute approximate surface area is 218 Å². The third-order valence-electron chi connectivity index (χ3n) is 6.69. The van der Waals surface area contributed by atoms with Crippen LogP contribution in [-0.4, -0.2) is 38.3 Å². The molecule has 7 nitrogen and oxygen atoms in total. The smallest absolute Gasteiger partial charge is 0.237 e. The number of fused-ring (bicyclic) bond motifs is 3. The Hall–Kier alpha value is -3.49. The van der Waals surface area contributed by atoms with Crippen LogP contribution in [0.3, 0.4) is 0 Å². The van der Waals surface area contributed by atoms with E-state index in [-0.39, 0.29) is 18.5 Å². The topological polar surface area (TPSA) is 84.6 Å². The van der Waals surface area contributed by atoms with Crippen LogP contribution in [0.15, 0.2) is 65.1 Å². The van der Waals surface area contributed by atoms with Gasteiger partial charge in [0.05, 0.1) is 45.5 Å². The zero-order chi connectivity index (χ0) is 25.2. The highest BCUT2D eigenvalue weighted by molar-refractivity contribution is 9.10. The lowest BCUT2D eigenvalue weighted by Gasteiger charge is -2.31. The molecule has 2 atom stereocenters. The fourth-order valence-electron chi connectivity index (χ4n) is 4.87. The molecule has 0 bridgehead atoms. The first-order valence-electron chi connectivity index (χ1n) is 11.7. The number of benzene rings is 3. The van der Waals surface area contributed by atoms with Crippen molar-refractivity contribution >= 4 is 32.7 Å². The van der Waals surface area contributed by atoms with Crippen LogP contribution in [0.4, 0.5) is 0 Å². The molecule has 0 fully saturated rings. The number of aromatic nitrogens is 1. The summed E-state index contributed by atoms with van der Waals surface area (Å²) in [5, 5.41) is 7.81. The Morgan fingerprint density at radius 1 is 1.00 bits per heavy atom. The number of hydrogen-bond donors (Lipinski definition) is 3. The molecular weight excluding hydrogens is 522 g/mol. The van der Waals surface area contributed by atoms with Crippen LogP contribution < -0.4 is 24.8 Å². The number of aromatic amines is 1. The standard InChI is InChI=1S/C28H28BrN3O4/c1-34-18-12-24(35-2)21(25(13-18)36-3)15-30-28(33)23-14-20-19-6-4-5-7-22(19)31-27(20)26(32-23)16-8-10-17(29)11-9-16/h4-13,23,26,31-32H,14-15H2,1-3H3,(H,30,33)/t23-,26+/m1/s1. The maximum absolute atomic E-state index is 13.5. The average molecular weight is 550 g/mol. The molecule has 186 valence electrons. The third kappa shape index (κ3) is 4.54. The van der Waals surface area contributed by atoms with Gasteiger partial charge >= 0.3 is 0 Å². The number of hydrogen-bond acceptors (Lipinski definition) is 5. The molecule has 5 rings (SSSR count). The van der Waals surface area contributed by atoms with Gasteiger partial charge in [-0.3, -0.25) is 10.1 Å². The van der Waals surface area contributed by atoms with Crippen molar-refractivity contribution in [3.8, 4) is 17.2 Å². The minimum absolute atomic E-state index is 0.0898. The number of carbonyl (C=O) groups excluding carboxylic acids is 1. The number of halogens is 1. The van der Waals surface area contributed by atoms with Gasteiger partial charge in [-0.1, -0.05) is 46.3 Å². The highest BCUT2D eigenvalue weighted by Crippen LogP contribution is 2.36. The van der Waals surface area contributed by atoms with Crippen molar-refractivity contribution < 1.29 is 19.0 Å². The molecule has 8 heteroatoms. The van der Waals surface area contributed by atoms with Gasteiger partial charge in [-0.2, -0.15) is 0 Å². The van der Waals surface area contributed by atoms with Crippen LogP contribution in [0.5, 0.6) is 17.2 Å². The van der Waals surface area contributed by atoms with E-state index in [1.54, 1.807) is 33.5 Å². The molecule has 0 unspecified atom stereocenters. The Balaban J connectivity index is 1.44. The van der Waals surface area contributed by atoms with Crippen molar-refractivity contribution in [2.45, 2.75) is 25.0 Å². The summed E-state index contributed by atoms with van der Waals surface area (Å²) in [5.41, 5.74) is 5.17. The lowest BCUT2D eigenvalue weighted by Crippen LogP contribution is -2.49. The van der Waals surface area contributed by atoms with Gasteiger partial charge in [0.25, 0.3) is 0 Å². The molecule has 1 aliphatic heterocycles. The maximum atomic E-state index is 13.5. The summed E-state index contributed by atoms with van der Waals surface area (Å²) in [4.78, 5) is 17.1. The molecule has 4 aromatic rings. The molecule has 0 spiro atoms. The summed E-state index contributed by atoms with van der Waals surface area (Å²) >= 11 is 3.52. The number of nitrogens with one attached hydrogen (secondary N) is 3. The van der Waals surface area contributed by atoms with Crippen molar-refractivity contribution in [1.82, 2.24) is 15.6 Å². The monoisotopic (exact) mass is 549 g/mol. The third-order valence-corrected chi connectivity index (χ3v) is 7.22. The van der Waals surface area contributed by atoms with Crippen molar-refractivity contribution in [3.63, 3.8) is 0 Å². The predicted molar refractivity (Wildman–Crippen MR) is 143 cm³/mol. The summed E-state index contributed by atoms with van der Waals surface area (Å²) in [5.74, 6) is 1.72. The molecular formula is C28H28BrN3O4. The van der Waals surface area contributed by atoms with Crippen LogP contribution in [0.2, 0.25) is 0 Å². The van der Waals surface area contributed by atoms with Crippen molar-refractivity contribution in [1.29, 1.82) is 0 Å². The fourth-order valence-corrected chi connectivity index (χ4v) is 5.14. The molecule has 0 saturated carbocycles. The Bertz CT molecular complexity index is 1370. The molecule has 36 heavy (non-hydrogen) atoms. The van der Waals surface area contributed by atoms with Crippen LogP contribution in [-0.2, 0) is 17.8 Å². The van der Waals surface area contributed by atoms with Gasteiger partial charge < -0.3 is 24.5 Å². The van der Waals surface area contributed by atoms with E-state index in [4.69, 9.17) is 14.2 Å². The van der Waals surface area contributed by atoms with Gasteiger partial charge in [-0.15, -0.1) is 0 Å². The normalized spacial score (nSPS) is 16.9. The number of H-pyrrole nitrogens is 1. The molecule has 0 saturated heterocycles. The van der Waals surface area contributed by atoms with Crippen LogP contribution in [0.25, 0.3) is 10.9 Å². The lowest BCUT2D eigenvalue weighted by atomic mass is 9.90. The summed E-state index contributed by atoms with van der Waals surface area (Å²) in [6, 6.07) is 19.4. The Morgan fingerprint density at radius 2 is 1.69 bits per heavy atom. The minimum atomic E-state index is -0.416. The van der Waals surface area contributed by atoms with Crippen LogP contribution in [0, 0.1) is 0 Å². The molecule has 0 radical (unpaired) electrons. The zero-order valence-electron chi connectivity index (χ0n) is 20.4. The van der Waals surface area contributed by atoms with Gasteiger partial charge in [0.2, 0.25) is 5.91 Å². The fraction of sp³-hybridized carbons (Fsp3) is 0.250. The predicted octanol–water partition coefficient (Wildman–Crippen LogP) is 4.88. The first-order valence-corrected chi connectivity index (χ1v) is 12.5. The SMILES string of the molecule is COc1cc(OC)c(CNC(=O)[C@H]2Cc3c([nH]c4ccccc34)[C@H](c3ccc(Br)cc3)N2)c(OC)c1. The van der Waals surface area contributed by atoms with E-state index in [2.05, 4.69) is 55.8 Å². The minimum Gasteiger partial charge on any atom is -0.496 e. The van der Waals surface area contributed by atoms with Gasteiger partial charge in [0, 0.05) is 33.2 Å². The average Bonchev–Trinajstić information content (AvgIpc) is 3.29. The van der Waals surface area contributed by atoms with E-state index < -0.39 is 6.04 Å². The number of para-hydroxylation sites is 1. The van der Waals surface area contributed by atoms with E-state index in [0.717, 1.165) is 37.8 Å². The second kappa shape index (κ2) is 10.2. The van der Waals surface area contributed by atoms with Gasteiger partial charge in [-0.05, 0) is 35.7 Å². The largest absolute Gasteiger partial charge is 0.496 e. The van der Waals surface area contributed by atoms with Crippen molar-refractivity contribution in [3.05, 3.63) is 87.5 Å². The number of carbonyl (C=O) groups is 1. The molecule has 3 aromatic carbocycles. The molecule has 0 aliphatic carbocycles. The molecule has 3 N–H and O–H groups in total. The van der Waals surface area contributed by atoms with Crippen LogP contribution in [0.1, 0.15) is 28.4 Å². The second-order valence-corrected chi connectivity index (χ2v) is 9.61. The van der Waals surface area contributed by atoms with E-state index >= 15 is 0 Å². The number of methoxy groups -OCH3 is 3. The highest BCUT2D eigenvalue weighted by Gasteiger charge is 2.34. The summed E-state index contributed by atoms with van der Waals surface area (Å²) in [7, 11) is 4.76. The zero-order valence-corrected chi connectivity index (χ0v) is 21.9. The summed E-state index contributed by atoms with van der Waals surface area (Å²) in [6.07, 6.45) is 0.578. The van der Waals surface area contributed by atoms with E-state index in [0.29, 0.717) is 23.7 Å². The molecule has 1 aliphatic rings. The van der Waals surface area contributed by atoms with E-state index in [9.17, 15) is 4.79 Å². The molecule has 2 heterocycles. The number of amides is 1. The van der Waals surface area contributed by atoms with Crippen LogP contribution >= 0.6 is 15.9 Å². The molecule has 1 amide bonds. The highest BCUT2D eigenvalue weighted by atomic mass is 79.9.